The van der Waals surface area contributed by atoms with Gasteiger partial charge in [-0.1, -0.05) is 71.9 Å². The number of carbonyl (C=O) groups excluding carboxylic acids is 2. The number of benzene rings is 3. The number of aromatic nitrogens is 1. The van der Waals surface area contributed by atoms with Crippen LogP contribution in [0.5, 0.6) is 5.75 Å². The molecule has 38 heavy (non-hydrogen) atoms. The highest BCUT2D eigenvalue weighted by Gasteiger charge is 2.52. The zero-order chi connectivity index (χ0) is 26.7. The Labute approximate surface area is 221 Å². The van der Waals surface area contributed by atoms with Crippen molar-refractivity contribution in [1.29, 1.82) is 0 Å². The molecule has 0 spiro atoms. The molecule has 1 aliphatic carbocycles. The number of nitrogens with one attached hydrogen (secondary N) is 1. The average Bonchev–Trinajstić information content (AvgIpc) is 3.68. The summed E-state index contributed by atoms with van der Waals surface area (Å²) in [7, 11) is 0. The third-order valence-corrected chi connectivity index (χ3v) is 6.87. The molecule has 1 aliphatic rings. The lowest BCUT2D eigenvalue weighted by Crippen LogP contribution is -2.30. The smallest absolute Gasteiger partial charge is 0.316 e. The summed E-state index contributed by atoms with van der Waals surface area (Å²) in [5, 5.41) is 6.98. The number of para-hydroxylation sites is 1. The maximum Gasteiger partial charge on any atom is 0.316 e. The summed E-state index contributed by atoms with van der Waals surface area (Å²) in [6, 6.07) is 25.1. The summed E-state index contributed by atoms with van der Waals surface area (Å²) < 4.78 is 16.6. The van der Waals surface area contributed by atoms with Gasteiger partial charge in [0, 0.05) is 5.56 Å². The standard InChI is InChI=1S/C31H30N2O5/c1-4-36-30(35)31(18-19-31)25-16-14-23(15-17-25)22-10-12-24(13-11-22)28-27(20(2)33-38-28)32-29(34)21(3)37-26-8-6-5-7-9-26/h5-17,21H,4,18-19H2,1-3H3,(H,32,34). The number of aryl methyl sites for hydroxylation is 1. The Bertz CT molecular complexity index is 1420. The van der Waals surface area contributed by atoms with E-state index in [1.807, 2.05) is 73.7 Å². The van der Waals surface area contributed by atoms with E-state index in [-0.39, 0.29) is 11.9 Å². The van der Waals surface area contributed by atoms with E-state index in [9.17, 15) is 9.59 Å². The molecule has 5 rings (SSSR count). The van der Waals surface area contributed by atoms with Crippen molar-refractivity contribution in [1.82, 2.24) is 5.16 Å². The highest BCUT2D eigenvalue weighted by Crippen LogP contribution is 2.49. The fourth-order valence-corrected chi connectivity index (χ4v) is 4.50. The largest absolute Gasteiger partial charge is 0.481 e. The molecule has 1 N–H and O–H groups in total. The second-order valence-electron chi connectivity index (χ2n) is 9.49. The summed E-state index contributed by atoms with van der Waals surface area (Å²) in [6.45, 7) is 5.70. The number of hydrogen-bond acceptors (Lipinski definition) is 6. The van der Waals surface area contributed by atoms with Crippen molar-refractivity contribution >= 4 is 17.6 Å². The second-order valence-corrected chi connectivity index (χ2v) is 9.49. The van der Waals surface area contributed by atoms with Gasteiger partial charge in [-0.05, 0) is 62.4 Å². The number of amides is 1. The van der Waals surface area contributed by atoms with Crippen molar-refractivity contribution in [3.05, 3.63) is 90.1 Å². The summed E-state index contributed by atoms with van der Waals surface area (Å²) in [6.07, 6.45) is 0.947. The number of rotatable bonds is 9. The van der Waals surface area contributed by atoms with Gasteiger partial charge in [0.1, 0.15) is 17.1 Å². The highest BCUT2D eigenvalue weighted by molar-refractivity contribution is 5.97. The number of hydrogen-bond donors (Lipinski definition) is 1. The monoisotopic (exact) mass is 510 g/mol. The zero-order valence-electron chi connectivity index (χ0n) is 21.7. The van der Waals surface area contributed by atoms with Gasteiger partial charge in [0.25, 0.3) is 5.91 Å². The van der Waals surface area contributed by atoms with Crippen molar-refractivity contribution in [3.63, 3.8) is 0 Å². The van der Waals surface area contributed by atoms with Crippen LogP contribution in [0.4, 0.5) is 5.69 Å². The Balaban J connectivity index is 1.29. The number of nitrogens with zero attached hydrogens (tertiary/aromatic N) is 1. The van der Waals surface area contributed by atoms with Gasteiger partial charge in [0.05, 0.1) is 12.0 Å². The maximum absolute atomic E-state index is 12.8. The normalized spacial score (nSPS) is 14.4. The van der Waals surface area contributed by atoms with E-state index in [2.05, 4.69) is 10.5 Å². The molecule has 0 aliphatic heterocycles. The van der Waals surface area contributed by atoms with Gasteiger partial charge < -0.3 is 19.3 Å². The van der Waals surface area contributed by atoms with E-state index >= 15 is 0 Å². The Kier molecular flexibility index (Phi) is 7.01. The van der Waals surface area contributed by atoms with E-state index in [1.165, 1.54) is 0 Å². The van der Waals surface area contributed by atoms with Crippen LogP contribution in [0.25, 0.3) is 22.5 Å². The summed E-state index contributed by atoms with van der Waals surface area (Å²) in [5.74, 6) is 0.668. The van der Waals surface area contributed by atoms with E-state index < -0.39 is 11.5 Å². The van der Waals surface area contributed by atoms with Crippen molar-refractivity contribution in [2.45, 2.75) is 45.1 Å². The lowest BCUT2D eigenvalue weighted by molar-refractivity contribution is -0.146. The minimum Gasteiger partial charge on any atom is -0.481 e. The first kappa shape index (κ1) is 25.3. The molecule has 1 saturated carbocycles. The third kappa shape index (κ3) is 5.05. The van der Waals surface area contributed by atoms with Crippen LogP contribution in [-0.4, -0.2) is 29.7 Å². The minimum absolute atomic E-state index is 0.136. The second kappa shape index (κ2) is 10.5. The van der Waals surface area contributed by atoms with E-state index in [4.69, 9.17) is 14.0 Å². The molecule has 194 valence electrons. The SMILES string of the molecule is CCOC(=O)C1(c2ccc(-c3ccc(-c4onc(C)c4NC(=O)C(C)Oc4ccccc4)cc3)cc2)CC1. The lowest BCUT2D eigenvalue weighted by Gasteiger charge is -2.15. The third-order valence-electron chi connectivity index (χ3n) is 6.87. The minimum atomic E-state index is -0.705. The van der Waals surface area contributed by atoms with Crippen LogP contribution in [-0.2, 0) is 19.7 Å². The molecule has 0 bridgehead atoms. The molecule has 0 radical (unpaired) electrons. The van der Waals surface area contributed by atoms with Crippen molar-refractivity contribution in [2.24, 2.45) is 0 Å². The molecule has 1 unspecified atom stereocenters. The Morgan fingerprint density at radius 3 is 2.16 bits per heavy atom. The van der Waals surface area contributed by atoms with Crippen LogP contribution in [0.1, 0.15) is 37.9 Å². The predicted molar refractivity (Wildman–Crippen MR) is 145 cm³/mol. The zero-order valence-corrected chi connectivity index (χ0v) is 21.7. The fourth-order valence-electron chi connectivity index (χ4n) is 4.50. The van der Waals surface area contributed by atoms with Crippen LogP contribution in [0, 0.1) is 6.92 Å². The van der Waals surface area contributed by atoms with Crippen molar-refractivity contribution in [3.8, 4) is 28.2 Å². The van der Waals surface area contributed by atoms with E-state index in [0.717, 1.165) is 35.1 Å². The molecule has 4 aromatic rings. The van der Waals surface area contributed by atoms with Crippen LogP contribution < -0.4 is 10.1 Å². The summed E-state index contributed by atoms with van der Waals surface area (Å²) in [4.78, 5) is 25.2. The Morgan fingerprint density at radius 1 is 0.947 bits per heavy atom. The van der Waals surface area contributed by atoms with Crippen molar-refractivity contribution in [2.75, 3.05) is 11.9 Å². The molecule has 1 fully saturated rings. The molecular formula is C31H30N2O5. The number of anilines is 1. The van der Waals surface area contributed by atoms with Crippen LogP contribution in [0.2, 0.25) is 0 Å². The number of esters is 1. The van der Waals surface area contributed by atoms with Gasteiger partial charge in [-0.2, -0.15) is 0 Å². The maximum atomic E-state index is 12.8. The quantitative estimate of drug-likeness (QED) is 0.265. The first-order chi connectivity index (χ1) is 18.4. The summed E-state index contributed by atoms with van der Waals surface area (Å²) >= 11 is 0. The first-order valence-electron chi connectivity index (χ1n) is 12.8. The van der Waals surface area contributed by atoms with Gasteiger partial charge in [-0.3, -0.25) is 9.59 Å². The topological polar surface area (TPSA) is 90.7 Å². The summed E-state index contributed by atoms with van der Waals surface area (Å²) in [5.41, 5.74) is 4.46. The predicted octanol–water partition coefficient (Wildman–Crippen LogP) is 6.32. The molecule has 1 atom stereocenters. The first-order valence-corrected chi connectivity index (χ1v) is 12.8. The molecule has 1 heterocycles. The van der Waals surface area contributed by atoms with E-state index in [1.54, 1.807) is 26.0 Å². The molecule has 3 aromatic carbocycles. The number of carbonyl (C=O) groups is 2. The van der Waals surface area contributed by atoms with Gasteiger partial charge in [0.15, 0.2) is 11.9 Å². The van der Waals surface area contributed by atoms with Crippen molar-refractivity contribution < 1.29 is 23.6 Å². The van der Waals surface area contributed by atoms with Crippen LogP contribution in [0.15, 0.2) is 83.4 Å². The molecule has 1 aromatic heterocycles. The highest BCUT2D eigenvalue weighted by atomic mass is 16.5. The Hall–Kier alpha value is -4.39. The van der Waals surface area contributed by atoms with Gasteiger partial charge >= 0.3 is 5.97 Å². The molecule has 0 saturated heterocycles. The van der Waals surface area contributed by atoms with Gasteiger partial charge in [-0.25, -0.2) is 0 Å². The lowest BCUT2D eigenvalue weighted by atomic mass is 9.93. The van der Waals surface area contributed by atoms with E-state index in [0.29, 0.717) is 29.5 Å². The fraction of sp³-hybridized carbons (Fsp3) is 0.258. The van der Waals surface area contributed by atoms with Gasteiger partial charge in [0.2, 0.25) is 0 Å². The molecular weight excluding hydrogens is 480 g/mol. The number of ether oxygens (including phenoxy) is 2. The average molecular weight is 511 g/mol. The Morgan fingerprint density at radius 2 is 1.55 bits per heavy atom. The molecule has 7 nitrogen and oxygen atoms in total. The van der Waals surface area contributed by atoms with Crippen LogP contribution >= 0.6 is 0 Å². The molecule has 1 amide bonds. The molecule has 7 heteroatoms. The van der Waals surface area contributed by atoms with Crippen LogP contribution in [0.3, 0.4) is 0 Å². The van der Waals surface area contributed by atoms with Gasteiger partial charge in [-0.15, -0.1) is 0 Å².